The molecule has 0 amide bonds. The summed E-state index contributed by atoms with van der Waals surface area (Å²) in [6, 6.07) is 3.93. The number of hydrogen-bond donors (Lipinski definition) is 1. The maximum atomic E-state index is 9.57. The van der Waals surface area contributed by atoms with Crippen LogP contribution in [-0.2, 0) is 0 Å². The Hall–Kier alpha value is -0.590. The second-order valence-electron chi connectivity index (χ2n) is 6.83. The Bertz CT molecular complexity index is 328. The zero-order chi connectivity index (χ0) is 14.4. The minimum absolute atomic E-state index is 0.250. The topological polar surface area (TPSA) is 39.1 Å². The summed E-state index contributed by atoms with van der Waals surface area (Å²) in [5, 5.41) is 13.1. The maximum Gasteiger partial charge on any atom is 0.108 e. The third kappa shape index (κ3) is 3.74. The lowest BCUT2D eigenvalue weighted by molar-refractivity contribution is 0.155. The summed E-state index contributed by atoms with van der Waals surface area (Å²) < 4.78 is 0. The first-order valence-electron chi connectivity index (χ1n) is 8.59. The first-order valence-corrected chi connectivity index (χ1v) is 8.59. The number of nitrogens with zero attached hydrogens (tertiary/aromatic N) is 2. The SMILES string of the molecule is CCCNC1(C#N)CCC(N(C)C2CCCCCC2)C1. The summed E-state index contributed by atoms with van der Waals surface area (Å²) in [4.78, 5) is 2.61. The summed E-state index contributed by atoms with van der Waals surface area (Å²) in [7, 11) is 2.30. The van der Waals surface area contributed by atoms with E-state index in [1.807, 2.05) is 0 Å². The summed E-state index contributed by atoms with van der Waals surface area (Å²) >= 11 is 0. The summed E-state index contributed by atoms with van der Waals surface area (Å²) in [5.74, 6) is 0. The number of rotatable bonds is 5. The normalized spacial score (nSPS) is 32.2. The van der Waals surface area contributed by atoms with Crippen LogP contribution in [0.1, 0.15) is 71.1 Å². The number of hydrogen-bond acceptors (Lipinski definition) is 3. The van der Waals surface area contributed by atoms with E-state index in [1.54, 1.807) is 0 Å². The van der Waals surface area contributed by atoms with E-state index < -0.39 is 0 Å². The average molecular weight is 277 g/mol. The van der Waals surface area contributed by atoms with Crippen LogP contribution in [0.4, 0.5) is 0 Å². The molecule has 0 aromatic carbocycles. The lowest BCUT2D eigenvalue weighted by Crippen LogP contribution is -2.45. The van der Waals surface area contributed by atoms with Crippen LogP contribution in [0.25, 0.3) is 0 Å². The van der Waals surface area contributed by atoms with Crippen molar-refractivity contribution in [2.75, 3.05) is 13.6 Å². The average Bonchev–Trinajstić information content (AvgIpc) is 2.71. The molecule has 20 heavy (non-hydrogen) atoms. The van der Waals surface area contributed by atoms with Gasteiger partial charge in [-0.2, -0.15) is 5.26 Å². The van der Waals surface area contributed by atoms with Crippen LogP contribution in [0.2, 0.25) is 0 Å². The van der Waals surface area contributed by atoms with Crippen LogP contribution in [0.3, 0.4) is 0 Å². The van der Waals surface area contributed by atoms with Crippen molar-refractivity contribution in [3.8, 4) is 6.07 Å². The zero-order valence-electron chi connectivity index (χ0n) is 13.3. The fraction of sp³-hybridized carbons (Fsp3) is 0.941. The zero-order valence-corrected chi connectivity index (χ0v) is 13.3. The highest BCUT2D eigenvalue weighted by atomic mass is 15.2. The van der Waals surface area contributed by atoms with Gasteiger partial charge in [-0.05, 0) is 52.1 Å². The molecule has 1 N–H and O–H groups in total. The fourth-order valence-electron chi connectivity index (χ4n) is 4.00. The van der Waals surface area contributed by atoms with Gasteiger partial charge in [0.05, 0.1) is 6.07 Å². The minimum atomic E-state index is -0.250. The highest BCUT2D eigenvalue weighted by Gasteiger charge is 2.41. The van der Waals surface area contributed by atoms with Gasteiger partial charge in [0.2, 0.25) is 0 Å². The Morgan fingerprint density at radius 2 is 1.85 bits per heavy atom. The van der Waals surface area contributed by atoms with Crippen molar-refractivity contribution < 1.29 is 0 Å². The Kier molecular flexibility index (Phi) is 5.86. The molecule has 2 atom stereocenters. The molecule has 3 nitrogen and oxygen atoms in total. The largest absolute Gasteiger partial charge is 0.300 e. The van der Waals surface area contributed by atoms with Crippen molar-refractivity contribution >= 4 is 0 Å². The summed E-state index contributed by atoms with van der Waals surface area (Å²) in [6.07, 6.45) is 12.6. The van der Waals surface area contributed by atoms with Gasteiger partial charge in [-0.15, -0.1) is 0 Å². The van der Waals surface area contributed by atoms with Crippen LogP contribution >= 0.6 is 0 Å². The number of nitrogens with one attached hydrogen (secondary N) is 1. The van der Waals surface area contributed by atoms with Gasteiger partial charge in [-0.1, -0.05) is 32.6 Å². The van der Waals surface area contributed by atoms with Crippen molar-refractivity contribution in [2.45, 2.75) is 88.8 Å². The second-order valence-corrected chi connectivity index (χ2v) is 6.83. The molecule has 0 saturated heterocycles. The lowest BCUT2D eigenvalue weighted by Gasteiger charge is -2.33. The quantitative estimate of drug-likeness (QED) is 0.782. The van der Waals surface area contributed by atoms with E-state index in [-0.39, 0.29) is 5.54 Å². The van der Waals surface area contributed by atoms with Crippen LogP contribution in [0, 0.1) is 11.3 Å². The molecule has 2 unspecified atom stereocenters. The van der Waals surface area contributed by atoms with E-state index in [9.17, 15) is 5.26 Å². The first kappa shape index (κ1) is 15.8. The van der Waals surface area contributed by atoms with Gasteiger partial charge >= 0.3 is 0 Å². The van der Waals surface area contributed by atoms with Crippen molar-refractivity contribution in [1.29, 1.82) is 5.26 Å². The molecule has 2 rings (SSSR count). The first-order chi connectivity index (χ1) is 9.71. The van der Waals surface area contributed by atoms with Gasteiger partial charge in [-0.3, -0.25) is 5.32 Å². The molecule has 0 spiro atoms. The van der Waals surface area contributed by atoms with E-state index in [0.717, 1.165) is 31.8 Å². The Labute approximate surface area is 124 Å². The molecule has 2 aliphatic rings. The molecular weight excluding hydrogens is 246 g/mol. The highest BCUT2D eigenvalue weighted by Crippen LogP contribution is 2.35. The van der Waals surface area contributed by atoms with Crippen molar-refractivity contribution in [3.63, 3.8) is 0 Å². The molecule has 0 aromatic heterocycles. The third-order valence-corrected chi connectivity index (χ3v) is 5.39. The summed E-state index contributed by atoms with van der Waals surface area (Å²) in [6.45, 7) is 3.13. The molecule has 2 fully saturated rings. The van der Waals surface area contributed by atoms with Gasteiger partial charge in [0.15, 0.2) is 0 Å². The van der Waals surface area contributed by atoms with Gasteiger partial charge in [0.1, 0.15) is 5.54 Å². The Morgan fingerprint density at radius 3 is 2.45 bits per heavy atom. The van der Waals surface area contributed by atoms with E-state index in [1.165, 1.54) is 44.9 Å². The van der Waals surface area contributed by atoms with E-state index in [4.69, 9.17) is 0 Å². The van der Waals surface area contributed by atoms with Crippen LogP contribution in [0.15, 0.2) is 0 Å². The van der Waals surface area contributed by atoms with Gasteiger partial charge in [0.25, 0.3) is 0 Å². The standard InChI is InChI=1S/C17H31N3/c1-3-12-19-17(14-18)11-10-16(13-17)20(2)15-8-6-4-5-7-9-15/h15-16,19H,3-13H2,1-2H3. The molecule has 3 heteroatoms. The van der Waals surface area contributed by atoms with Crippen molar-refractivity contribution in [1.82, 2.24) is 10.2 Å². The highest BCUT2D eigenvalue weighted by molar-refractivity contribution is 5.13. The van der Waals surface area contributed by atoms with E-state index in [2.05, 4.69) is 30.3 Å². The number of nitriles is 1. The molecule has 0 radical (unpaired) electrons. The monoisotopic (exact) mass is 277 g/mol. The van der Waals surface area contributed by atoms with Crippen molar-refractivity contribution in [2.24, 2.45) is 0 Å². The Balaban J connectivity index is 1.91. The minimum Gasteiger partial charge on any atom is -0.300 e. The third-order valence-electron chi connectivity index (χ3n) is 5.39. The molecule has 2 aliphatic carbocycles. The van der Waals surface area contributed by atoms with Crippen LogP contribution < -0.4 is 5.32 Å². The van der Waals surface area contributed by atoms with Crippen LogP contribution in [0.5, 0.6) is 0 Å². The Morgan fingerprint density at radius 1 is 1.15 bits per heavy atom. The van der Waals surface area contributed by atoms with E-state index in [0.29, 0.717) is 6.04 Å². The predicted octanol–water partition coefficient (Wildman–Crippen LogP) is 3.46. The predicted molar refractivity (Wildman–Crippen MR) is 83.5 cm³/mol. The van der Waals surface area contributed by atoms with Crippen molar-refractivity contribution in [3.05, 3.63) is 0 Å². The fourth-order valence-corrected chi connectivity index (χ4v) is 4.00. The molecule has 0 aromatic rings. The van der Waals surface area contributed by atoms with Gasteiger partial charge < -0.3 is 4.90 Å². The van der Waals surface area contributed by atoms with Gasteiger partial charge in [0, 0.05) is 12.1 Å². The molecule has 114 valence electrons. The molecular formula is C17H31N3. The molecule has 0 heterocycles. The molecule has 2 saturated carbocycles. The smallest absolute Gasteiger partial charge is 0.108 e. The lowest BCUT2D eigenvalue weighted by atomic mass is 9.98. The molecule has 0 aliphatic heterocycles. The van der Waals surface area contributed by atoms with E-state index >= 15 is 0 Å². The van der Waals surface area contributed by atoms with Gasteiger partial charge in [-0.25, -0.2) is 0 Å². The maximum absolute atomic E-state index is 9.57. The summed E-state index contributed by atoms with van der Waals surface area (Å²) in [5.41, 5.74) is -0.250. The van der Waals surface area contributed by atoms with Crippen LogP contribution in [-0.4, -0.2) is 36.1 Å². The molecule has 0 bridgehead atoms. The second kappa shape index (κ2) is 7.43.